The molecule has 0 aromatic carbocycles. The van der Waals surface area contributed by atoms with E-state index in [9.17, 15) is 18.7 Å². The highest BCUT2D eigenvalue weighted by molar-refractivity contribution is 7.15. The molecule has 0 saturated carbocycles. The molecule has 4 aromatic heterocycles. The quantitative estimate of drug-likeness (QED) is 0.589. The fourth-order valence-corrected chi connectivity index (χ4v) is 3.55. The Balaban J connectivity index is 2.03. The van der Waals surface area contributed by atoms with E-state index in [1.54, 1.807) is 10.6 Å². The number of aromatic nitrogens is 5. The van der Waals surface area contributed by atoms with Crippen LogP contribution in [0.15, 0.2) is 36.8 Å². The number of fused-ring (bicyclic) bond motifs is 1. The molecule has 0 amide bonds. The van der Waals surface area contributed by atoms with Crippen LogP contribution in [0.3, 0.4) is 0 Å². The van der Waals surface area contributed by atoms with Crippen molar-refractivity contribution in [3.63, 3.8) is 0 Å². The molecule has 0 aliphatic heterocycles. The summed E-state index contributed by atoms with van der Waals surface area (Å²) in [6.07, 6.45) is 1.13. The Kier molecular flexibility index (Phi) is 3.76. The molecule has 4 heterocycles. The van der Waals surface area contributed by atoms with Gasteiger partial charge in [0.2, 0.25) is 0 Å². The highest BCUT2D eigenvalue weighted by Crippen LogP contribution is 2.31. The molecule has 0 aliphatic carbocycles. The minimum absolute atomic E-state index is 0.0734. The SMILES string of the molecule is Cc1ccc(-c2cnc3c(-n4nncc4C(F)F)cc(C(=O)O)cn23)s1. The van der Waals surface area contributed by atoms with E-state index in [-0.39, 0.29) is 11.3 Å². The zero-order valence-electron chi connectivity index (χ0n) is 13.3. The number of pyridine rings is 1. The van der Waals surface area contributed by atoms with Gasteiger partial charge >= 0.3 is 5.97 Å². The average Bonchev–Trinajstić information content (AvgIpc) is 3.32. The van der Waals surface area contributed by atoms with Crippen molar-refractivity contribution in [1.29, 1.82) is 0 Å². The number of hydrogen-bond donors (Lipinski definition) is 1. The molecule has 0 atom stereocenters. The van der Waals surface area contributed by atoms with Crippen molar-refractivity contribution < 1.29 is 18.7 Å². The first-order chi connectivity index (χ1) is 12.5. The Labute approximate surface area is 149 Å². The lowest BCUT2D eigenvalue weighted by molar-refractivity contribution is 0.0696. The summed E-state index contributed by atoms with van der Waals surface area (Å²) >= 11 is 1.52. The first-order valence-electron chi connectivity index (χ1n) is 7.46. The summed E-state index contributed by atoms with van der Waals surface area (Å²) in [5.74, 6) is -1.19. The van der Waals surface area contributed by atoms with E-state index in [2.05, 4.69) is 15.3 Å². The maximum absolute atomic E-state index is 13.2. The topological polar surface area (TPSA) is 85.3 Å². The van der Waals surface area contributed by atoms with Gasteiger partial charge in [-0.2, -0.15) is 0 Å². The number of nitrogens with zero attached hydrogens (tertiary/aromatic N) is 5. The van der Waals surface area contributed by atoms with Crippen molar-refractivity contribution in [3.8, 4) is 16.3 Å². The van der Waals surface area contributed by atoms with Crippen LogP contribution < -0.4 is 0 Å². The Morgan fingerprint density at radius 1 is 1.31 bits per heavy atom. The van der Waals surface area contributed by atoms with Crippen molar-refractivity contribution in [2.24, 2.45) is 0 Å². The number of halogens is 2. The van der Waals surface area contributed by atoms with Crippen LogP contribution in [-0.4, -0.2) is 35.5 Å². The first-order valence-corrected chi connectivity index (χ1v) is 8.27. The third-order valence-corrected chi connectivity index (χ3v) is 4.88. The van der Waals surface area contributed by atoms with Crippen molar-refractivity contribution in [1.82, 2.24) is 24.4 Å². The lowest BCUT2D eigenvalue weighted by Gasteiger charge is -2.09. The van der Waals surface area contributed by atoms with Crippen LogP contribution in [0.1, 0.15) is 27.4 Å². The number of hydrogen-bond acceptors (Lipinski definition) is 5. The molecular weight excluding hydrogens is 364 g/mol. The van der Waals surface area contributed by atoms with Gasteiger partial charge in [-0.3, -0.25) is 4.40 Å². The van der Waals surface area contributed by atoms with Crippen LogP contribution in [0.4, 0.5) is 8.78 Å². The lowest BCUT2D eigenvalue weighted by atomic mass is 10.2. The molecule has 0 bridgehead atoms. The van der Waals surface area contributed by atoms with Gasteiger partial charge in [0.1, 0.15) is 11.4 Å². The van der Waals surface area contributed by atoms with Crippen LogP contribution in [0.5, 0.6) is 0 Å². The van der Waals surface area contributed by atoms with Crippen molar-refractivity contribution in [2.45, 2.75) is 13.3 Å². The molecule has 1 N–H and O–H groups in total. The maximum atomic E-state index is 13.2. The summed E-state index contributed by atoms with van der Waals surface area (Å²) in [6.45, 7) is 1.95. The zero-order valence-corrected chi connectivity index (χ0v) is 14.1. The standard InChI is InChI=1S/C16H11F2N5O2S/c1-8-2-3-13(26-8)11-5-19-15-10(4-9(16(24)25)7-22(11)15)23-12(14(17)18)6-20-21-23/h2-7,14H,1H3,(H,24,25). The van der Waals surface area contributed by atoms with Crippen LogP contribution >= 0.6 is 11.3 Å². The van der Waals surface area contributed by atoms with Crippen molar-refractivity contribution in [2.75, 3.05) is 0 Å². The Hall–Kier alpha value is -3.14. The van der Waals surface area contributed by atoms with Crippen molar-refractivity contribution >= 4 is 23.0 Å². The number of aryl methyl sites for hydroxylation is 1. The monoisotopic (exact) mass is 375 g/mol. The van der Waals surface area contributed by atoms with Crippen LogP contribution in [0.2, 0.25) is 0 Å². The van der Waals surface area contributed by atoms with Gasteiger partial charge < -0.3 is 5.11 Å². The number of carboxylic acids is 1. The Bertz CT molecular complexity index is 1130. The molecule has 0 saturated heterocycles. The number of aromatic carboxylic acids is 1. The normalized spacial score (nSPS) is 11.5. The highest BCUT2D eigenvalue weighted by atomic mass is 32.1. The molecule has 7 nitrogen and oxygen atoms in total. The van der Waals surface area contributed by atoms with Gasteiger partial charge in [0, 0.05) is 11.1 Å². The molecular formula is C16H11F2N5O2S. The second-order valence-corrected chi connectivity index (χ2v) is 6.83. The van der Waals surface area contributed by atoms with E-state index in [1.807, 2.05) is 19.1 Å². The number of thiophene rings is 1. The summed E-state index contributed by atoms with van der Waals surface area (Å²) in [5.41, 5.74) is 0.587. The maximum Gasteiger partial charge on any atom is 0.337 e. The minimum Gasteiger partial charge on any atom is -0.478 e. The van der Waals surface area contributed by atoms with Crippen LogP contribution in [0, 0.1) is 6.92 Å². The minimum atomic E-state index is -2.81. The molecule has 10 heteroatoms. The largest absolute Gasteiger partial charge is 0.478 e. The summed E-state index contributed by atoms with van der Waals surface area (Å²) in [6, 6.07) is 5.10. The molecule has 26 heavy (non-hydrogen) atoms. The zero-order chi connectivity index (χ0) is 18.4. The highest BCUT2D eigenvalue weighted by Gasteiger charge is 2.21. The molecule has 0 spiro atoms. The van der Waals surface area contributed by atoms with Crippen LogP contribution in [-0.2, 0) is 0 Å². The molecule has 0 aliphatic rings. The van der Waals surface area contributed by atoms with Crippen molar-refractivity contribution in [3.05, 3.63) is 52.9 Å². The second kappa shape index (κ2) is 5.99. The van der Waals surface area contributed by atoms with E-state index >= 15 is 0 Å². The number of carboxylic acid groups (broad SMARTS) is 1. The molecule has 4 aromatic rings. The predicted molar refractivity (Wildman–Crippen MR) is 90.1 cm³/mol. The van der Waals surface area contributed by atoms with Gasteiger partial charge in [-0.25, -0.2) is 23.2 Å². The first kappa shape index (κ1) is 16.3. The van der Waals surface area contributed by atoms with Gasteiger partial charge in [-0.05, 0) is 25.1 Å². The summed E-state index contributed by atoms with van der Waals surface area (Å²) < 4.78 is 29.0. The smallest absolute Gasteiger partial charge is 0.337 e. The van der Waals surface area contributed by atoms with E-state index in [0.717, 1.165) is 20.6 Å². The molecule has 0 radical (unpaired) electrons. The van der Waals surface area contributed by atoms with E-state index in [0.29, 0.717) is 11.3 Å². The number of imidazole rings is 1. The van der Waals surface area contributed by atoms with Gasteiger partial charge in [0.15, 0.2) is 5.65 Å². The average molecular weight is 375 g/mol. The van der Waals surface area contributed by atoms with E-state index in [4.69, 9.17) is 0 Å². The van der Waals surface area contributed by atoms with Gasteiger partial charge in [0.25, 0.3) is 6.43 Å². The summed E-state index contributed by atoms with van der Waals surface area (Å²) in [7, 11) is 0. The van der Waals surface area contributed by atoms with Gasteiger partial charge in [-0.15, -0.1) is 16.4 Å². The summed E-state index contributed by atoms with van der Waals surface area (Å²) in [5, 5.41) is 16.6. The van der Waals surface area contributed by atoms with E-state index < -0.39 is 18.1 Å². The summed E-state index contributed by atoms with van der Waals surface area (Å²) in [4.78, 5) is 17.8. The van der Waals surface area contributed by atoms with Gasteiger partial charge in [-0.1, -0.05) is 5.21 Å². The third kappa shape index (κ3) is 2.54. The fourth-order valence-electron chi connectivity index (χ4n) is 2.68. The second-order valence-electron chi connectivity index (χ2n) is 5.54. The number of alkyl halides is 2. The predicted octanol–water partition coefficient (Wildman–Crippen LogP) is 3.59. The fraction of sp³-hybridized carbons (Fsp3) is 0.125. The molecule has 0 fully saturated rings. The molecule has 0 unspecified atom stereocenters. The lowest BCUT2D eigenvalue weighted by Crippen LogP contribution is -2.09. The van der Waals surface area contributed by atoms with E-state index in [1.165, 1.54) is 23.6 Å². The molecule has 132 valence electrons. The number of carbonyl (C=O) groups is 1. The molecule has 4 rings (SSSR count). The van der Waals surface area contributed by atoms with Crippen LogP contribution in [0.25, 0.3) is 21.9 Å². The van der Waals surface area contributed by atoms with Gasteiger partial charge in [0.05, 0.1) is 28.5 Å². The Morgan fingerprint density at radius 2 is 2.12 bits per heavy atom. The number of rotatable bonds is 4. The Morgan fingerprint density at radius 3 is 2.77 bits per heavy atom. The third-order valence-electron chi connectivity index (χ3n) is 3.85.